The summed E-state index contributed by atoms with van der Waals surface area (Å²) >= 11 is 0. The normalized spacial score (nSPS) is 11.4. The standard InChI is InChI=1S/C15H19N3O2S/c1-10-6-11(2)8-13(7-10)18-12-4-5-15(14(16)9-12)21(19,20)17-3/h4-9,17-18H,16H2,1-3H3. The minimum atomic E-state index is -3.53. The maximum atomic E-state index is 11.8. The van der Waals surface area contributed by atoms with Crippen LogP contribution in [0.5, 0.6) is 0 Å². The van der Waals surface area contributed by atoms with E-state index < -0.39 is 10.0 Å². The maximum absolute atomic E-state index is 11.8. The predicted molar refractivity (Wildman–Crippen MR) is 86.3 cm³/mol. The van der Waals surface area contributed by atoms with Crippen LogP contribution >= 0.6 is 0 Å². The van der Waals surface area contributed by atoms with Crippen molar-refractivity contribution >= 4 is 27.1 Å². The molecule has 0 saturated heterocycles. The number of sulfonamides is 1. The molecule has 0 atom stereocenters. The third kappa shape index (κ3) is 3.53. The van der Waals surface area contributed by atoms with E-state index in [1.165, 1.54) is 13.1 Å². The number of benzene rings is 2. The summed E-state index contributed by atoms with van der Waals surface area (Å²) in [5, 5.41) is 3.23. The zero-order valence-corrected chi connectivity index (χ0v) is 13.1. The summed E-state index contributed by atoms with van der Waals surface area (Å²) in [6.07, 6.45) is 0. The second-order valence-corrected chi connectivity index (χ2v) is 6.82. The first-order valence-corrected chi connectivity index (χ1v) is 7.98. The molecule has 0 aliphatic rings. The van der Waals surface area contributed by atoms with Crippen LogP contribution in [0.15, 0.2) is 41.3 Å². The molecule has 0 aromatic heterocycles. The van der Waals surface area contributed by atoms with Crippen LogP contribution in [0.1, 0.15) is 11.1 Å². The molecule has 0 radical (unpaired) electrons. The SMILES string of the molecule is CNS(=O)(=O)c1ccc(Nc2cc(C)cc(C)c2)cc1N. The Balaban J connectivity index is 2.33. The fourth-order valence-corrected chi connectivity index (χ4v) is 3.03. The molecule has 0 saturated carbocycles. The minimum absolute atomic E-state index is 0.0796. The highest BCUT2D eigenvalue weighted by atomic mass is 32.2. The summed E-state index contributed by atoms with van der Waals surface area (Å²) in [5.74, 6) is 0. The van der Waals surface area contributed by atoms with E-state index in [0.717, 1.165) is 22.5 Å². The summed E-state index contributed by atoms with van der Waals surface area (Å²) in [7, 11) is -2.18. The number of hydrogen-bond donors (Lipinski definition) is 3. The molecule has 2 aromatic rings. The van der Waals surface area contributed by atoms with Crippen LogP contribution in [-0.4, -0.2) is 15.5 Å². The first-order chi connectivity index (χ1) is 9.81. The highest BCUT2D eigenvalue weighted by Crippen LogP contribution is 2.25. The Bertz CT molecular complexity index is 750. The van der Waals surface area contributed by atoms with Gasteiger partial charge in [-0.05, 0) is 62.4 Å². The number of aryl methyl sites for hydroxylation is 2. The number of hydrogen-bond acceptors (Lipinski definition) is 4. The van der Waals surface area contributed by atoms with Crippen LogP contribution in [0.3, 0.4) is 0 Å². The van der Waals surface area contributed by atoms with Crippen molar-refractivity contribution in [3.63, 3.8) is 0 Å². The Kier molecular flexibility index (Phi) is 4.20. The van der Waals surface area contributed by atoms with Gasteiger partial charge in [0.15, 0.2) is 0 Å². The molecule has 0 amide bonds. The van der Waals surface area contributed by atoms with Gasteiger partial charge in [0.25, 0.3) is 0 Å². The molecule has 0 aliphatic carbocycles. The van der Waals surface area contributed by atoms with Crippen LogP contribution in [0.2, 0.25) is 0 Å². The van der Waals surface area contributed by atoms with Gasteiger partial charge in [-0.2, -0.15) is 0 Å². The van der Waals surface area contributed by atoms with E-state index in [2.05, 4.69) is 16.1 Å². The summed E-state index contributed by atoms with van der Waals surface area (Å²) in [5.41, 5.74) is 10.0. The van der Waals surface area contributed by atoms with Gasteiger partial charge in [0.1, 0.15) is 4.90 Å². The molecule has 0 fully saturated rings. The van der Waals surface area contributed by atoms with Crippen molar-refractivity contribution in [2.45, 2.75) is 18.7 Å². The second-order valence-electron chi connectivity index (χ2n) is 4.96. The molecule has 0 spiro atoms. The lowest BCUT2D eigenvalue weighted by Crippen LogP contribution is -2.19. The number of rotatable bonds is 4. The van der Waals surface area contributed by atoms with Crippen LogP contribution in [-0.2, 0) is 10.0 Å². The van der Waals surface area contributed by atoms with Crippen molar-refractivity contribution in [2.75, 3.05) is 18.1 Å². The Morgan fingerprint density at radius 2 is 1.57 bits per heavy atom. The highest BCUT2D eigenvalue weighted by Gasteiger charge is 2.15. The summed E-state index contributed by atoms with van der Waals surface area (Å²) in [6.45, 7) is 4.05. The smallest absolute Gasteiger partial charge is 0.242 e. The van der Waals surface area contributed by atoms with E-state index in [0.29, 0.717) is 0 Å². The molecule has 0 bridgehead atoms. The Morgan fingerprint density at radius 1 is 0.952 bits per heavy atom. The quantitative estimate of drug-likeness (QED) is 0.758. The molecule has 6 heteroatoms. The fraction of sp³-hybridized carbons (Fsp3) is 0.200. The fourth-order valence-electron chi connectivity index (χ4n) is 2.19. The topological polar surface area (TPSA) is 84.2 Å². The van der Waals surface area contributed by atoms with Crippen LogP contribution < -0.4 is 15.8 Å². The van der Waals surface area contributed by atoms with Crippen molar-refractivity contribution in [3.05, 3.63) is 47.5 Å². The summed E-state index contributed by atoms with van der Waals surface area (Å²) in [4.78, 5) is 0.0796. The first kappa shape index (κ1) is 15.3. The number of nitrogens with two attached hydrogens (primary N) is 1. The molecule has 2 aromatic carbocycles. The molecule has 4 N–H and O–H groups in total. The van der Waals surface area contributed by atoms with Gasteiger partial charge in [-0.1, -0.05) is 6.07 Å². The van der Waals surface area contributed by atoms with Crippen molar-refractivity contribution in [1.82, 2.24) is 4.72 Å². The summed E-state index contributed by atoms with van der Waals surface area (Å²) < 4.78 is 25.8. The summed E-state index contributed by atoms with van der Waals surface area (Å²) in [6, 6.07) is 10.9. The minimum Gasteiger partial charge on any atom is -0.398 e. The molecule has 21 heavy (non-hydrogen) atoms. The molecule has 0 aliphatic heterocycles. The highest BCUT2D eigenvalue weighted by molar-refractivity contribution is 7.89. The van der Waals surface area contributed by atoms with Crippen molar-refractivity contribution < 1.29 is 8.42 Å². The van der Waals surface area contributed by atoms with E-state index in [-0.39, 0.29) is 10.6 Å². The van der Waals surface area contributed by atoms with Gasteiger partial charge >= 0.3 is 0 Å². The average Bonchev–Trinajstić information content (AvgIpc) is 2.37. The van der Waals surface area contributed by atoms with Crippen LogP contribution in [0.4, 0.5) is 17.1 Å². The number of nitrogens with one attached hydrogen (secondary N) is 2. The zero-order chi connectivity index (χ0) is 15.6. The predicted octanol–water partition coefficient (Wildman–Crippen LogP) is 2.54. The van der Waals surface area contributed by atoms with E-state index in [9.17, 15) is 8.42 Å². The van der Waals surface area contributed by atoms with Crippen molar-refractivity contribution in [2.24, 2.45) is 0 Å². The largest absolute Gasteiger partial charge is 0.398 e. The van der Waals surface area contributed by atoms with Gasteiger partial charge in [-0.15, -0.1) is 0 Å². The molecule has 0 heterocycles. The van der Waals surface area contributed by atoms with Crippen molar-refractivity contribution in [1.29, 1.82) is 0 Å². The second kappa shape index (κ2) is 5.75. The third-order valence-corrected chi connectivity index (χ3v) is 4.57. The van der Waals surface area contributed by atoms with E-state index in [4.69, 9.17) is 5.73 Å². The lowest BCUT2D eigenvalue weighted by Gasteiger charge is -2.11. The molecule has 5 nitrogen and oxygen atoms in total. The molecule has 2 rings (SSSR count). The third-order valence-electron chi connectivity index (χ3n) is 3.08. The lowest BCUT2D eigenvalue weighted by molar-refractivity contribution is 0.588. The molecule has 112 valence electrons. The molecular weight excluding hydrogens is 286 g/mol. The Labute approximate surface area is 125 Å². The van der Waals surface area contributed by atoms with Crippen LogP contribution in [0.25, 0.3) is 0 Å². The van der Waals surface area contributed by atoms with E-state index in [1.807, 2.05) is 26.0 Å². The average molecular weight is 305 g/mol. The number of nitrogen functional groups attached to an aromatic ring is 1. The lowest BCUT2D eigenvalue weighted by atomic mass is 10.1. The van der Waals surface area contributed by atoms with Gasteiger partial charge in [-0.25, -0.2) is 13.1 Å². The molecular formula is C15H19N3O2S. The zero-order valence-electron chi connectivity index (χ0n) is 12.3. The molecule has 0 unspecified atom stereocenters. The van der Waals surface area contributed by atoms with Crippen LogP contribution in [0, 0.1) is 13.8 Å². The van der Waals surface area contributed by atoms with Gasteiger partial charge < -0.3 is 11.1 Å². The number of anilines is 3. The first-order valence-electron chi connectivity index (χ1n) is 6.50. The Hall–Kier alpha value is -2.05. The van der Waals surface area contributed by atoms with Crippen molar-refractivity contribution in [3.8, 4) is 0 Å². The maximum Gasteiger partial charge on any atom is 0.242 e. The van der Waals surface area contributed by atoms with Gasteiger partial charge in [0.05, 0.1) is 5.69 Å². The van der Waals surface area contributed by atoms with Gasteiger partial charge in [0, 0.05) is 11.4 Å². The van der Waals surface area contributed by atoms with Gasteiger partial charge in [0.2, 0.25) is 10.0 Å². The van der Waals surface area contributed by atoms with E-state index >= 15 is 0 Å². The van der Waals surface area contributed by atoms with Gasteiger partial charge in [-0.3, -0.25) is 0 Å². The van der Waals surface area contributed by atoms with E-state index in [1.54, 1.807) is 12.1 Å². The monoisotopic (exact) mass is 305 g/mol. The Morgan fingerprint density at radius 3 is 2.10 bits per heavy atom.